The molecular weight excluding hydrogens is 262 g/mol. The highest BCUT2D eigenvalue weighted by molar-refractivity contribution is 7.89. The quantitative estimate of drug-likeness (QED) is 0.673. The van der Waals surface area contributed by atoms with Gasteiger partial charge in [-0.15, -0.1) is 0 Å². The molecule has 2 N–H and O–H groups in total. The van der Waals surface area contributed by atoms with Gasteiger partial charge in [-0.05, 0) is 19.1 Å². The molecule has 0 bridgehead atoms. The Bertz CT molecular complexity index is 562. The molecule has 0 saturated carbocycles. The number of hydrogen-bond donors (Lipinski definition) is 1. The van der Waals surface area contributed by atoms with Gasteiger partial charge in [0.2, 0.25) is 10.0 Å². The summed E-state index contributed by atoms with van der Waals surface area (Å²) in [5.41, 5.74) is 5.60. The van der Waals surface area contributed by atoms with Gasteiger partial charge in [0.15, 0.2) is 4.90 Å². The molecule has 0 atom stereocenters. The number of sulfonamides is 1. The van der Waals surface area contributed by atoms with E-state index in [-0.39, 0.29) is 12.2 Å². The van der Waals surface area contributed by atoms with Gasteiger partial charge in [0, 0.05) is 19.3 Å². The first-order valence-electron chi connectivity index (χ1n) is 5.01. The van der Waals surface area contributed by atoms with E-state index in [2.05, 4.69) is 6.58 Å². The average molecular weight is 276 g/mol. The van der Waals surface area contributed by atoms with Crippen molar-refractivity contribution in [3.63, 3.8) is 0 Å². The van der Waals surface area contributed by atoms with Crippen LogP contribution in [0.25, 0.3) is 0 Å². The average Bonchev–Trinajstić information content (AvgIpc) is 2.13. The monoisotopic (exact) mass is 276 g/mol. The highest BCUT2D eigenvalue weighted by Gasteiger charge is 2.28. The number of nitrogens with zero attached hydrogens (tertiary/aromatic N) is 1. The summed E-state index contributed by atoms with van der Waals surface area (Å²) in [4.78, 5) is -1.000. The molecule has 0 unspecified atom stereocenters. The molecule has 1 aromatic carbocycles. The molecule has 0 aliphatic carbocycles. The van der Waals surface area contributed by atoms with Crippen molar-refractivity contribution in [2.45, 2.75) is 11.8 Å². The Balaban J connectivity index is 3.33. The van der Waals surface area contributed by atoms with Crippen LogP contribution in [-0.2, 0) is 10.0 Å². The van der Waals surface area contributed by atoms with Crippen molar-refractivity contribution in [2.75, 3.05) is 19.3 Å². The largest absolute Gasteiger partial charge is 0.399 e. The van der Waals surface area contributed by atoms with Gasteiger partial charge < -0.3 is 5.73 Å². The number of likely N-dealkylation sites (N-methyl/N-ethyl adjacent to an activating group) is 1. The van der Waals surface area contributed by atoms with E-state index in [1.165, 1.54) is 7.05 Å². The van der Waals surface area contributed by atoms with Crippen molar-refractivity contribution in [3.05, 3.63) is 35.9 Å². The number of hydrogen-bond acceptors (Lipinski definition) is 3. The smallest absolute Gasteiger partial charge is 0.248 e. The predicted molar refractivity (Wildman–Crippen MR) is 65.4 cm³/mol. The Morgan fingerprint density at radius 2 is 1.83 bits per heavy atom. The molecule has 1 aromatic rings. The first-order chi connectivity index (χ1) is 8.16. The van der Waals surface area contributed by atoms with Crippen LogP contribution in [0.5, 0.6) is 0 Å². The standard InChI is InChI=1S/C11H14F2N2O2S/c1-7(2)6-15(3)18(16,17)11-9(12)4-8(14)5-10(11)13/h4-5H,1,6,14H2,2-3H3. The molecule has 4 nitrogen and oxygen atoms in total. The lowest BCUT2D eigenvalue weighted by atomic mass is 10.3. The third-order valence-electron chi connectivity index (χ3n) is 2.18. The third-order valence-corrected chi connectivity index (χ3v) is 4.04. The van der Waals surface area contributed by atoms with E-state index in [1.807, 2.05) is 0 Å². The first kappa shape index (κ1) is 14.6. The summed E-state index contributed by atoms with van der Waals surface area (Å²) < 4.78 is 51.9. The molecule has 0 amide bonds. The van der Waals surface area contributed by atoms with Gasteiger partial charge in [0.05, 0.1) is 0 Å². The molecule has 7 heteroatoms. The normalized spacial score (nSPS) is 11.8. The van der Waals surface area contributed by atoms with E-state index in [4.69, 9.17) is 5.73 Å². The maximum absolute atomic E-state index is 13.6. The summed E-state index contributed by atoms with van der Waals surface area (Å²) in [7, 11) is -3.02. The van der Waals surface area contributed by atoms with Gasteiger partial charge >= 0.3 is 0 Å². The van der Waals surface area contributed by atoms with Crippen LogP contribution < -0.4 is 5.73 Å². The van der Waals surface area contributed by atoms with E-state index in [0.29, 0.717) is 5.57 Å². The van der Waals surface area contributed by atoms with Gasteiger partial charge in [-0.1, -0.05) is 12.2 Å². The van der Waals surface area contributed by atoms with Crippen LogP contribution in [0.4, 0.5) is 14.5 Å². The summed E-state index contributed by atoms with van der Waals surface area (Å²) in [5, 5.41) is 0. The number of benzene rings is 1. The maximum atomic E-state index is 13.6. The Labute approximate surface area is 105 Å². The Kier molecular flexibility index (Phi) is 4.08. The summed E-state index contributed by atoms with van der Waals surface area (Å²) in [6, 6.07) is 1.54. The number of nitrogens with two attached hydrogens (primary N) is 1. The summed E-state index contributed by atoms with van der Waals surface area (Å²) >= 11 is 0. The lowest BCUT2D eigenvalue weighted by Gasteiger charge is -2.18. The minimum Gasteiger partial charge on any atom is -0.399 e. The minimum absolute atomic E-state index is 0.0222. The van der Waals surface area contributed by atoms with Crippen molar-refractivity contribution in [1.29, 1.82) is 0 Å². The summed E-state index contributed by atoms with van der Waals surface area (Å²) in [5.74, 6) is -2.41. The fraction of sp³-hybridized carbons (Fsp3) is 0.273. The molecular formula is C11H14F2N2O2S. The SMILES string of the molecule is C=C(C)CN(C)S(=O)(=O)c1c(F)cc(N)cc1F. The molecule has 0 aliphatic heterocycles. The van der Waals surface area contributed by atoms with Gasteiger partial charge in [0.1, 0.15) is 11.6 Å². The van der Waals surface area contributed by atoms with Crippen molar-refractivity contribution in [2.24, 2.45) is 0 Å². The van der Waals surface area contributed by atoms with Gasteiger partial charge in [0.25, 0.3) is 0 Å². The van der Waals surface area contributed by atoms with Crippen LogP contribution in [0.3, 0.4) is 0 Å². The van der Waals surface area contributed by atoms with Crippen LogP contribution in [0, 0.1) is 11.6 Å². The molecule has 0 saturated heterocycles. The molecule has 0 radical (unpaired) electrons. The molecule has 0 heterocycles. The maximum Gasteiger partial charge on any atom is 0.248 e. The number of nitrogen functional groups attached to an aromatic ring is 1. The lowest BCUT2D eigenvalue weighted by Crippen LogP contribution is -2.30. The fourth-order valence-corrected chi connectivity index (χ4v) is 2.76. The van der Waals surface area contributed by atoms with Crippen molar-refractivity contribution in [3.8, 4) is 0 Å². The van der Waals surface area contributed by atoms with Crippen LogP contribution in [0.1, 0.15) is 6.92 Å². The zero-order chi connectivity index (χ0) is 14.1. The topological polar surface area (TPSA) is 63.4 Å². The zero-order valence-corrected chi connectivity index (χ0v) is 10.9. The predicted octanol–water partition coefficient (Wildman–Crippen LogP) is 1.74. The molecule has 0 aliphatic rings. The number of rotatable bonds is 4. The van der Waals surface area contributed by atoms with Crippen molar-refractivity contribution in [1.82, 2.24) is 4.31 Å². The van der Waals surface area contributed by atoms with E-state index in [9.17, 15) is 17.2 Å². The second-order valence-corrected chi connectivity index (χ2v) is 6.01. The van der Waals surface area contributed by atoms with Crippen LogP contribution in [0.2, 0.25) is 0 Å². The number of halogens is 2. The van der Waals surface area contributed by atoms with E-state index >= 15 is 0 Å². The van der Waals surface area contributed by atoms with Crippen LogP contribution >= 0.6 is 0 Å². The fourth-order valence-electron chi connectivity index (χ4n) is 1.45. The van der Waals surface area contributed by atoms with Gasteiger partial charge in [-0.3, -0.25) is 0 Å². The Morgan fingerprint density at radius 3 is 2.22 bits per heavy atom. The van der Waals surface area contributed by atoms with Crippen molar-refractivity contribution >= 4 is 15.7 Å². The lowest BCUT2D eigenvalue weighted by molar-refractivity contribution is 0.467. The molecule has 18 heavy (non-hydrogen) atoms. The number of anilines is 1. The Hall–Kier alpha value is -1.47. The van der Waals surface area contributed by atoms with E-state index < -0.39 is 26.6 Å². The van der Waals surface area contributed by atoms with Gasteiger partial charge in [-0.25, -0.2) is 17.2 Å². The van der Waals surface area contributed by atoms with E-state index in [1.54, 1.807) is 6.92 Å². The zero-order valence-electron chi connectivity index (χ0n) is 10.1. The van der Waals surface area contributed by atoms with E-state index in [0.717, 1.165) is 16.4 Å². The molecule has 0 aromatic heterocycles. The molecule has 0 spiro atoms. The molecule has 100 valence electrons. The molecule has 1 rings (SSSR count). The Morgan fingerprint density at radius 1 is 1.39 bits per heavy atom. The highest BCUT2D eigenvalue weighted by atomic mass is 32.2. The van der Waals surface area contributed by atoms with Crippen LogP contribution in [0.15, 0.2) is 29.2 Å². The third kappa shape index (κ3) is 2.85. The second-order valence-electron chi connectivity index (χ2n) is 4.03. The summed E-state index contributed by atoms with van der Waals surface area (Å²) in [6.45, 7) is 5.14. The second kappa shape index (κ2) is 5.03. The van der Waals surface area contributed by atoms with Crippen LogP contribution in [-0.4, -0.2) is 26.3 Å². The minimum atomic E-state index is -4.25. The van der Waals surface area contributed by atoms with Gasteiger partial charge in [-0.2, -0.15) is 4.31 Å². The first-order valence-corrected chi connectivity index (χ1v) is 6.45. The highest BCUT2D eigenvalue weighted by Crippen LogP contribution is 2.24. The molecule has 0 fully saturated rings. The van der Waals surface area contributed by atoms with Crippen molar-refractivity contribution < 1.29 is 17.2 Å². The summed E-state index contributed by atoms with van der Waals surface area (Å²) in [6.07, 6.45) is 0.